The summed E-state index contributed by atoms with van der Waals surface area (Å²) in [6, 6.07) is 11.6. The second-order valence-electron chi connectivity index (χ2n) is 5.78. The highest BCUT2D eigenvalue weighted by Gasteiger charge is 2.12. The SMILES string of the molecule is COC(=O)CCCNc1ccc(-c2nc(-c3ccccc3C)no2)cn1. The van der Waals surface area contributed by atoms with Crippen molar-refractivity contribution in [2.75, 3.05) is 19.0 Å². The first-order valence-electron chi connectivity index (χ1n) is 8.34. The van der Waals surface area contributed by atoms with Gasteiger partial charge in [-0.1, -0.05) is 29.4 Å². The molecule has 0 aliphatic rings. The van der Waals surface area contributed by atoms with Crippen molar-refractivity contribution < 1.29 is 14.1 Å². The first kappa shape index (κ1) is 17.6. The number of aryl methyl sites for hydroxylation is 1. The van der Waals surface area contributed by atoms with Gasteiger partial charge in [-0.3, -0.25) is 4.79 Å². The lowest BCUT2D eigenvalue weighted by Crippen LogP contribution is -2.07. The zero-order chi connectivity index (χ0) is 18.4. The maximum absolute atomic E-state index is 11.1. The molecule has 0 saturated heterocycles. The van der Waals surface area contributed by atoms with Crippen LogP contribution >= 0.6 is 0 Å². The van der Waals surface area contributed by atoms with Crippen LogP contribution in [0.3, 0.4) is 0 Å². The molecule has 1 aromatic carbocycles. The van der Waals surface area contributed by atoms with Gasteiger partial charge in [-0.2, -0.15) is 4.98 Å². The number of hydrogen-bond donors (Lipinski definition) is 1. The van der Waals surface area contributed by atoms with Crippen LogP contribution in [0.1, 0.15) is 18.4 Å². The second-order valence-corrected chi connectivity index (χ2v) is 5.78. The van der Waals surface area contributed by atoms with E-state index in [1.165, 1.54) is 7.11 Å². The molecular formula is C19H20N4O3. The number of methoxy groups -OCH3 is 1. The van der Waals surface area contributed by atoms with Crippen molar-refractivity contribution in [1.82, 2.24) is 15.1 Å². The fourth-order valence-corrected chi connectivity index (χ4v) is 2.45. The Labute approximate surface area is 151 Å². The van der Waals surface area contributed by atoms with Crippen molar-refractivity contribution >= 4 is 11.8 Å². The molecule has 0 radical (unpaired) electrons. The Bertz CT molecular complexity index is 875. The minimum atomic E-state index is -0.212. The number of carbonyl (C=O) groups excluding carboxylic acids is 1. The number of nitrogens with one attached hydrogen (secondary N) is 1. The van der Waals surface area contributed by atoms with Gasteiger partial charge in [0.05, 0.1) is 12.7 Å². The minimum absolute atomic E-state index is 0.212. The van der Waals surface area contributed by atoms with Crippen molar-refractivity contribution in [3.05, 3.63) is 48.2 Å². The average Bonchev–Trinajstić information content (AvgIpc) is 3.16. The van der Waals surface area contributed by atoms with Gasteiger partial charge in [0, 0.05) is 24.7 Å². The van der Waals surface area contributed by atoms with Gasteiger partial charge in [-0.25, -0.2) is 4.98 Å². The lowest BCUT2D eigenvalue weighted by atomic mass is 10.1. The van der Waals surface area contributed by atoms with Crippen LogP contribution < -0.4 is 5.32 Å². The van der Waals surface area contributed by atoms with E-state index in [1.54, 1.807) is 6.20 Å². The Morgan fingerprint density at radius 1 is 1.23 bits per heavy atom. The maximum Gasteiger partial charge on any atom is 0.305 e. The summed E-state index contributed by atoms with van der Waals surface area (Å²) in [5, 5.41) is 7.21. The minimum Gasteiger partial charge on any atom is -0.469 e. The van der Waals surface area contributed by atoms with Gasteiger partial charge in [0.15, 0.2) is 0 Å². The standard InChI is InChI=1S/C19H20N4O3/c1-13-6-3-4-7-15(13)18-22-19(26-23-18)14-9-10-16(21-12-14)20-11-5-8-17(24)25-2/h3-4,6-7,9-10,12H,5,8,11H2,1-2H3,(H,20,21). The van der Waals surface area contributed by atoms with Crippen molar-refractivity contribution in [2.45, 2.75) is 19.8 Å². The number of aromatic nitrogens is 3. The predicted molar refractivity (Wildman–Crippen MR) is 97.4 cm³/mol. The monoisotopic (exact) mass is 352 g/mol. The van der Waals surface area contributed by atoms with Crippen LogP contribution in [0.5, 0.6) is 0 Å². The lowest BCUT2D eigenvalue weighted by molar-refractivity contribution is -0.140. The van der Waals surface area contributed by atoms with Crippen LogP contribution in [-0.4, -0.2) is 34.7 Å². The summed E-state index contributed by atoms with van der Waals surface area (Å²) < 4.78 is 9.97. The number of anilines is 1. The van der Waals surface area contributed by atoms with Crippen LogP contribution in [0, 0.1) is 6.92 Å². The third-order valence-corrected chi connectivity index (χ3v) is 3.91. The molecular weight excluding hydrogens is 332 g/mol. The van der Waals surface area contributed by atoms with Crippen LogP contribution in [0.4, 0.5) is 5.82 Å². The van der Waals surface area contributed by atoms with E-state index in [9.17, 15) is 4.79 Å². The molecule has 2 aromatic heterocycles. The van der Waals surface area contributed by atoms with Gasteiger partial charge >= 0.3 is 5.97 Å². The van der Waals surface area contributed by atoms with Gasteiger partial charge < -0.3 is 14.6 Å². The summed E-state index contributed by atoms with van der Waals surface area (Å²) in [7, 11) is 1.39. The van der Waals surface area contributed by atoms with Crippen LogP contribution in [0.25, 0.3) is 22.8 Å². The van der Waals surface area contributed by atoms with E-state index in [4.69, 9.17) is 4.52 Å². The summed E-state index contributed by atoms with van der Waals surface area (Å²) in [6.45, 7) is 2.65. The molecule has 0 fully saturated rings. The van der Waals surface area contributed by atoms with E-state index in [1.807, 2.05) is 43.3 Å². The van der Waals surface area contributed by atoms with Crippen molar-refractivity contribution in [3.63, 3.8) is 0 Å². The van der Waals surface area contributed by atoms with Crippen LogP contribution in [0.2, 0.25) is 0 Å². The van der Waals surface area contributed by atoms with E-state index in [0.717, 1.165) is 22.5 Å². The topological polar surface area (TPSA) is 90.1 Å². The molecule has 0 atom stereocenters. The van der Waals surface area contributed by atoms with Crippen molar-refractivity contribution in [3.8, 4) is 22.8 Å². The van der Waals surface area contributed by atoms with E-state index in [-0.39, 0.29) is 5.97 Å². The van der Waals surface area contributed by atoms with Gasteiger partial charge in [0.1, 0.15) is 5.82 Å². The zero-order valence-corrected chi connectivity index (χ0v) is 14.7. The van der Waals surface area contributed by atoms with Gasteiger partial charge in [-0.05, 0) is 31.0 Å². The smallest absolute Gasteiger partial charge is 0.305 e. The Hall–Kier alpha value is -3.22. The fraction of sp³-hybridized carbons (Fsp3) is 0.263. The van der Waals surface area contributed by atoms with Crippen molar-refractivity contribution in [1.29, 1.82) is 0 Å². The molecule has 0 bridgehead atoms. The van der Waals surface area contributed by atoms with E-state index >= 15 is 0 Å². The summed E-state index contributed by atoms with van der Waals surface area (Å²) in [5.41, 5.74) is 2.78. The van der Waals surface area contributed by atoms with E-state index < -0.39 is 0 Å². The number of esters is 1. The highest BCUT2D eigenvalue weighted by atomic mass is 16.5. The third kappa shape index (κ3) is 4.24. The molecule has 7 nitrogen and oxygen atoms in total. The molecule has 26 heavy (non-hydrogen) atoms. The summed E-state index contributed by atoms with van der Waals surface area (Å²) in [6.07, 6.45) is 2.74. The molecule has 0 unspecified atom stereocenters. The average molecular weight is 352 g/mol. The molecule has 0 saturated carbocycles. The molecule has 0 amide bonds. The zero-order valence-electron chi connectivity index (χ0n) is 14.7. The summed E-state index contributed by atoms with van der Waals surface area (Å²) >= 11 is 0. The maximum atomic E-state index is 11.1. The number of carbonyl (C=O) groups is 1. The summed E-state index contributed by atoms with van der Waals surface area (Å²) in [5.74, 6) is 1.49. The number of ether oxygens (including phenoxy) is 1. The highest BCUT2D eigenvalue weighted by Crippen LogP contribution is 2.24. The first-order valence-corrected chi connectivity index (χ1v) is 8.34. The Morgan fingerprint density at radius 3 is 2.81 bits per heavy atom. The quantitative estimate of drug-likeness (QED) is 0.514. The van der Waals surface area contributed by atoms with Crippen LogP contribution in [0.15, 0.2) is 47.1 Å². The number of pyridine rings is 1. The number of hydrogen-bond acceptors (Lipinski definition) is 7. The molecule has 7 heteroatoms. The molecule has 2 heterocycles. The Morgan fingerprint density at radius 2 is 2.08 bits per heavy atom. The van der Waals surface area contributed by atoms with Gasteiger partial charge in [0.25, 0.3) is 5.89 Å². The fourth-order valence-electron chi connectivity index (χ4n) is 2.45. The number of rotatable bonds is 7. The normalized spacial score (nSPS) is 10.5. The Kier molecular flexibility index (Phi) is 5.58. The van der Waals surface area contributed by atoms with Gasteiger partial charge in [-0.15, -0.1) is 0 Å². The predicted octanol–water partition coefficient (Wildman–Crippen LogP) is 3.47. The molecule has 3 aromatic rings. The molecule has 1 N–H and O–H groups in total. The van der Waals surface area contributed by atoms with E-state index in [0.29, 0.717) is 31.1 Å². The number of benzene rings is 1. The highest BCUT2D eigenvalue weighted by molar-refractivity contribution is 5.69. The Balaban J connectivity index is 1.62. The van der Waals surface area contributed by atoms with Crippen molar-refractivity contribution in [2.24, 2.45) is 0 Å². The van der Waals surface area contributed by atoms with Crippen LogP contribution in [-0.2, 0) is 9.53 Å². The lowest BCUT2D eigenvalue weighted by Gasteiger charge is -2.05. The van der Waals surface area contributed by atoms with E-state index in [2.05, 4.69) is 25.2 Å². The molecule has 3 rings (SSSR count). The molecule has 0 spiro atoms. The number of nitrogens with zero attached hydrogens (tertiary/aromatic N) is 3. The third-order valence-electron chi connectivity index (χ3n) is 3.91. The second kappa shape index (κ2) is 8.24. The molecule has 0 aliphatic carbocycles. The largest absolute Gasteiger partial charge is 0.469 e. The van der Waals surface area contributed by atoms with Gasteiger partial charge in [0.2, 0.25) is 5.82 Å². The molecule has 134 valence electrons. The first-order chi connectivity index (χ1) is 12.7. The summed E-state index contributed by atoms with van der Waals surface area (Å²) in [4.78, 5) is 19.9. The molecule has 0 aliphatic heterocycles.